The molecule has 20 heavy (non-hydrogen) atoms. The minimum Gasteiger partial charge on any atom is -0.465 e. The average Bonchev–Trinajstić information content (AvgIpc) is 2.90. The number of hydrogen-bond donors (Lipinski definition) is 0. The molecular weight excluding hydrogens is 272 g/mol. The molecule has 4 nitrogen and oxygen atoms in total. The maximum Gasteiger partial charge on any atom is 0.337 e. The van der Waals surface area contributed by atoms with E-state index in [1.54, 1.807) is 17.4 Å². The predicted octanol–water partition coefficient (Wildman–Crippen LogP) is 2.89. The Morgan fingerprint density at radius 1 is 1.40 bits per heavy atom. The number of fused-ring (bicyclic) bond motifs is 1. The molecule has 1 saturated heterocycles. The minimum atomic E-state index is -0.291. The van der Waals surface area contributed by atoms with Crippen molar-refractivity contribution in [3.63, 3.8) is 0 Å². The third-order valence-electron chi connectivity index (χ3n) is 3.89. The Morgan fingerprint density at radius 2 is 2.15 bits per heavy atom. The third kappa shape index (κ3) is 2.55. The molecule has 0 spiro atoms. The highest BCUT2D eigenvalue weighted by Gasteiger charge is 2.21. The summed E-state index contributed by atoms with van der Waals surface area (Å²) in [5.74, 6) is 0.270. The summed E-state index contributed by atoms with van der Waals surface area (Å²) >= 11 is 1.71. The number of hydrogen-bond acceptors (Lipinski definition) is 5. The molecule has 0 atom stereocenters. The van der Waals surface area contributed by atoms with E-state index in [1.165, 1.54) is 25.0 Å². The molecule has 0 unspecified atom stereocenters. The molecule has 2 aromatic rings. The number of benzene rings is 1. The molecular formula is C15H18N2O2S. The van der Waals surface area contributed by atoms with E-state index in [0.717, 1.165) is 23.3 Å². The number of nitrogens with zero attached hydrogens (tertiary/aromatic N) is 2. The minimum absolute atomic E-state index is 0.291. The van der Waals surface area contributed by atoms with Gasteiger partial charge < -0.3 is 9.64 Å². The van der Waals surface area contributed by atoms with Crippen LogP contribution in [0.3, 0.4) is 0 Å². The first kappa shape index (κ1) is 13.5. The molecule has 1 fully saturated rings. The summed E-state index contributed by atoms with van der Waals surface area (Å²) in [4.78, 5) is 18.7. The van der Waals surface area contributed by atoms with Crippen molar-refractivity contribution in [3.8, 4) is 0 Å². The molecule has 0 bridgehead atoms. The van der Waals surface area contributed by atoms with Crippen LogP contribution in [0.2, 0.25) is 0 Å². The fraction of sp³-hybridized carbons (Fsp3) is 0.467. The molecule has 1 aliphatic heterocycles. The Balaban J connectivity index is 1.88. The summed E-state index contributed by atoms with van der Waals surface area (Å²) in [5, 5.41) is 1.20. The first-order valence-electron chi connectivity index (χ1n) is 6.84. The number of esters is 1. The lowest BCUT2D eigenvalue weighted by Crippen LogP contribution is -2.29. The lowest BCUT2D eigenvalue weighted by molar-refractivity contribution is 0.0601. The fourth-order valence-electron chi connectivity index (χ4n) is 2.62. The summed E-state index contributed by atoms with van der Waals surface area (Å²) in [6, 6.07) is 5.58. The number of carbonyl (C=O) groups excluding carboxylic acids is 1. The van der Waals surface area contributed by atoms with E-state index in [0.29, 0.717) is 11.5 Å². The van der Waals surface area contributed by atoms with Crippen molar-refractivity contribution in [2.45, 2.75) is 18.8 Å². The van der Waals surface area contributed by atoms with E-state index in [1.807, 2.05) is 12.1 Å². The summed E-state index contributed by atoms with van der Waals surface area (Å²) in [6.45, 7) is 2.27. The fourth-order valence-corrected chi connectivity index (χ4v) is 3.79. The number of aromatic nitrogens is 1. The molecule has 0 N–H and O–H groups in total. The van der Waals surface area contributed by atoms with Crippen molar-refractivity contribution in [1.29, 1.82) is 0 Å². The van der Waals surface area contributed by atoms with Gasteiger partial charge >= 0.3 is 5.97 Å². The van der Waals surface area contributed by atoms with Gasteiger partial charge in [0.25, 0.3) is 0 Å². The van der Waals surface area contributed by atoms with Crippen LogP contribution in [-0.4, -0.2) is 43.1 Å². The van der Waals surface area contributed by atoms with Crippen LogP contribution in [0.25, 0.3) is 10.2 Å². The number of methoxy groups -OCH3 is 1. The zero-order valence-corrected chi connectivity index (χ0v) is 12.6. The zero-order chi connectivity index (χ0) is 14.1. The molecule has 106 valence electrons. The molecule has 0 amide bonds. The van der Waals surface area contributed by atoms with Crippen molar-refractivity contribution >= 4 is 27.5 Å². The summed E-state index contributed by atoms with van der Waals surface area (Å²) in [7, 11) is 3.57. The second-order valence-corrected chi connectivity index (χ2v) is 6.37. The maximum atomic E-state index is 11.6. The first-order chi connectivity index (χ1) is 9.67. The van der Waals surface area contributed by atoms with Gasteiger partial charge in [-0.25, -0.2) is 9.78 Å². The van der Waals surface area contributed by atoms with E-state index in [2.05, 4.69) is 11.9 Å². The van der Waals surface area contributed by atoms with Gasteiger partial charge in [-0.05, 0) is 51.2 Å². The van der Waals surface area contributed by atoms with Crippen molar-refractivity contribution in [1.82, 2.24) is 9.88 Å². The van der Waals surface area contributed by atoms with Crippen LogP contribution in [0.5, 0.6) is 0 Å². The van der Waals surface area contributed by atoms with Crippen LogP contribution in [-0.2, 0) is 4.74 Å². The highest BCUT2D eigenvalue weighted by molar-refractivity contribution is 7.18. The van der Waals surface area contributed by atoms with Crippen LogP contribution >= 0.6 is 11.3 Å². The monoisotopic (exact) mass is 290 g/mol. The molecule has 3 rings (SSSR count). The SMILES string of the molecule is COC(=O)c1ccc2nc(C3CCN(C)CC3)sc2c1. The molecule has 0 aliphatic carbocycles. The Morgan fingerprint density at radius 3 is 2.85 bits per heavy atom. The van der Waals surface area contributed by atoms with Gasteiger partial charge in [-0.2, -0.15) is 0 Å². The van der Waals surface area contributed by atoms with Crippen LogP contribution < -0.4 is 0 Å². The largest absolute Gasteiger partial charge is 0.465 e. The molecule has 1 aromatic heterocycles. The molecule has 5 heteroatoms. The Labute approximate surface area is 122 Å². The Bertz CT molecular complexity index is 630. The van der Waals surface area contributed by atoms with Gasteiger partial charge in [0.1, 0.15) is 0 Å². The lowest BCUT2D eigenvalue weighted by Gasteiger charge is -2.27. The third-order valence-corrected chi connectivity index (χ3v) is 5.07. The molecule has 0 radical (unpaired) electrons. The average molecular weight is 290 g/mol. The number of rotatable bonds is 2. The number of likely N-dealkylation sites (tertiary alicyclic amines) is 1. The van der Waals surface area contributed by atoms with Gasteiger partial charge in [-0.3, -0.25) is 0 Å². The van der Waals surface area contributed by atoms with E-state index in [4.69, 9.17) is 9.72 Å². The van der Waals surface area contributed by atoms with E-state index < -0.39 is 0 Å². The van der Waals surface area contributed by atoms with E-state index in [-0.39, 0.29) is 5.97 Å². The van der Waals surface area contributed by atoms with Gasteiger partial charge in [0.15, 0.2) is 0 Å². The lowest BCUT2D eigenvalue weighted by atomic mass is 9.98. The molecule has 1 aromatic carbocycles. The van der Waals surface area contributed by atoms with Crippen molar-refractivity contribution in [2.75, 3.05) is 27.2 Å². The Hall–Kier alpha value is -1.46. The second kappa shape index (κ2) is 5.50. The van der Waals surface area contributed by atoms with Crippen LogP contribution in [0.4, 0.5) is 0 Å². The van der Waals surface area contributed by atoms with Gasteiger partial charge in [-0.15, -0.1) is 11.3 Å². The van der Waals surface area contributed by atoms with Crippen LogP contribution in [0.15, 0.2) is 18.2 Å². The number of thiazole rings is 1. The van der Waals surface area contributed by atoms with Gasteiger partial charge in [0.2, 0.25) is 0 Å². The van der Waals surface area contributed by atoms with E-state index in [9.17, 15) is 4.79 Å². The summed E-state index contributed by atoms with van der Waals surface area (Å²) < 4.78 is 5.83. The molecule has 0 saturated carbocycles. The molecule has 1 aliphatic rings. The highest BCUT2D eigenvalue weighted by Crippen LogP contribution is 2.33. The smallest absolute Gasteiger partial charge is 0.337 e. The summed E-state index contributed by atoms with van der Waals surface area (Å²) in [5.41, 5.74) is 1.58. The standard InChI is InChI=1S/C15H18N2O2S/c1-17-7-5-10(6-8-17)14-16-12-4-3-11(15(18)19-2)9-13(12)20-14/h3-4,9-10H,5-8H2,1-2H3. The quantitative estimate of drug-likeness (QED) is 0.798. The number of carbonyl (C=O) groups is 1. The van der Waals surface area contributed by atoms with Gasteiger partial charge in [0, 0.05) is 5.92 Å². The normalized spacial score (nSPS) is 17.5. The topological polar surface area (TPSA) is 42.4 Å². The van der Waals surface area contributed by atoms with E-state index >= 15 is 0 Å². The second-order valence-electron chi connectivity index (χ2n) is 5.30. The Kier molecular flexibility index (Phi) is 3.72. The van der Waals surface area contributed by atoms with Crippen molar-refractivity contribution in [2.24, 2.45) is 0 Å². The van der Waals surface area contributed by atoms with Crippen molar-refractivity contribution in [3.05, 3.63) is 28.8 Å². The van der Waals surface area contributed by atoms with Gasteiger partial charge in [-0.1, -0.05) is 0 Å². The number of ether oxygens (including phenoxy) is 1. The first-order valence-corrected chi connectivity index (χ1v) is 7.66. The highest BCUT2D eigenvalue weighted by atomic mass is 32.1. The van der Waals surface area contributed by atoms with Crippen molar-refractivity contribution < 1.29 is 9.53 Å². The number of piperidine rings is 1. The van der Waals surface area contributed by atoms with Crippen LogP contribution in [0.1, 0.15) is 34.1 Å². The maximum absolute atomic E-state index is 11.6. The molecule has 2 heterocycles. The van der Waals surface area contributed by atoms with Gasteiger partial charge in [0.05, 0.1) is 27.9 Å². The summed E-state index contributed by atoms with van der Waals surface area (Å²) in [6.07, 6.45) is 2.33. The van der Waals surface area contributed by atoms with Crippen LogP contribution in [0, 0.1) is 0 Å². The predicted molar refractivity (Wildman–Crippen MR) is 80.4 cm³/mol. The zero-order valence-electron chi connectivity index (χ0n) is 11.8.